The number of halogens is 1. The van der Waals surface area contributed by atoms with E-state index in [-0.39, 0.29) is 18.1 Å². The highest BCUT2D eigenvalue weighted by molar-refractivity contribution is 6.03. The molecule has 2 N–H and O–H groups in total. The van der Waals surface area contributed by atoms with E-state index in [4.69, 9.17) is 0 Å². The number of hydrogen-bond acceptors (Lipinski definition) is 4. The lowest BCUT2D eigenvalue weighted by molar-refractivity contribution is 0.102. The summed E-state index contributed by atoms with van der Waals surface area (Å²) in [5.74, 6) is -0.763. The van der Waals surface area contributed by atoms with Gasteiger partial charge in [0, 0.05) is 18.0 Å². The first-order valence-corrected chi connectivity index (χ1v) is 6.84. The molecule has 23 heavy (non-hydrogen) atoms. The predicted octanol–water partition coefficient (Wildman–Crippen LogP) is 2.15. The van der Waals surface area contributed by atoms with Gasteiger partial charge in [0.25, 0.3) is 5.91 Å². The van der Waals surface area contributed by atoms with Crippen LogP contribution in [-0.2, 0) is 6.61 Å². The first-order chi connectivity index (χ1) is 11.2. The minimum Gasteiger partial charge on any atom is -0.392 e. The van der Waals surface area contributed by atoms with Gasteiger partial charge in [-0.25, -0.2) is 9.07 Å². The van der Waals surface area contributed by atoms with Crippen molar-refractivity contribution in [2.45, 2.75) is 6.61 Å². The fourth-order valence-electron chi connectivity index (χ4n) is 2.04. The molecule has 7 heteroatoms. The molecule has 116 valence electrons. The number of anilines is 1. The lowest BCUT2D eigenvalue weighted by atomic mass is 10.2. The summed E-state index contributed by atoms with van der Waals surface area (Å²) in [6.07, 6.45) is 4.60. The van der Waals surface area contributed by atoms with Crippen molar-refractivity contribution in [2.75, 3.05) is 5.32 Å². The van der Waals surface area contributed by atoms with E-state index < -0.39 is 5.91 Å². The molecule has 6 nitrogen and oxygen atoms in total. The molecule has 0 aliphatic rings. The number of pyridine rings is 1. The number of amides is 1. The molecule has 2 heterocycles. The fraction of sp³-hybridized carbons (Fsp3) is 0.0625. The molecule has 0 fully saturated rings. The van der Waals surface area contributed by atoms with Crippen molar-refractivity contribution in [3.05, 3.63) is 72.1 Å². The molecule has 0 atom stereocenters. The number of rotatable bonds is 4. The van der Waals surface area contributed by atoms with Crippen molar-refractivity contribution in [1.82, 2.24) is 14.8 Å². The predicted molar refractivity (Wildman–Crippen MR) is 81.6 cm³/mol. The standard InChI is InChI=1S/C16H13FN4O2/c17-12-1-3-13(4-2-12)21-8-6-14(20-21)16(23)19-15-9-18-7-5-11(15)10-22/h1-9,22H,10H2,(H,19,23). The normalized spacial score (nSPS) is 10.5. The maximum Gasteiger partial charge on any atom is 0.276 e. The van der Waals surface area contributed by atoms with Gasteiger partial charge in [-0.3, -0.25) is 9.78 Å². The summed E-state index contributed by atoms with van der Waals surface area (Å²) in [5, 5.41) is 16.1. The Morgan fingerprint density at radius 2 is 2.00 bits per heavy atom. The highest BCUT2D eigenvalue weighted by Gasteiger charge is 2.12. The van der Waals surface area contributed by atoms with E-state index in [1.54, 1.807) is 30.5 Å². The van der Waals surface area contributed by atoms with Crippen molar-refractivity contribution in [2.24, 2.45) is 0 Å². The van der Waals surface area contributed by atoms with Gasteiger partial charge in [-0.15, -0.1) is 0 Å². The van der Waals surface area contributed by atoms with Crippen LogP contribution in [0.2, 0.25) is 0 Å². The van der Waals surface area contributed by atoms with Crippen molar-refractivity contribution < 1.29 is 14.3 Å². The first kappa shape index (κ1) is 14.9. The van der Waals surface area contributed by atoms with Crippen molar-refractivity contribution >= 4 is 11.6 Å². The molecule has 0 spiro atoms. The summed E-state index contributed by atoms with van der Waals surface area (Å²) >= 11 is 0. The summed E-state index contributed by atoms with van der Waals surface area (Å²) in [4.78, 5) is 16.1. The van der Waals surface area contributed by atoms with E-state index in [9.17, 15) is 14.3 Å². The SMILES string of the molecule is O=C(Nc1cnccc1CO)c1ccn(-c2ccc(F)cc2)n1. The first-order valence-electron chi connectivity index (χ1n) is 6.84. The van der Waals surface area contributed by atoms with E-state index in [1.807, 2.05) is 0 Å². The van der Waals surface area contributed by atoms with Crippen LogP contribution in [0.15, 0.2) is 55.0 Å². The smallest absolute Gasteiger partial charge is 0.276 e. The molecule has 0 unspecified atom stereocenters. The maximum atomic E-state index is 12.9. The van der Waals surface area contributed by atoms with E-state index in [2.05, 4.69) is 15.4 Å². The Kier molecular flexibility index (Phi) is 4.11. The summed E-state index contributed by atoms with van der Waals surface area (Å²) in [5.41, 5.74) is 1.83. The van der Waals surface area contributed by atoms with Gasteiger partial charge < -0.3 is 10.4 Å². The van der Waals surface area contributed by atoms with Crippen LogP contribution in [0.5, 0.6) is 0 Å². The van der Waals surface area contributed by atoms with E-state index in [0.29, 0.717) is 16.9 Å². The van der Waals surface area contributed by atoms with Gasteiger partial charge in [-0.05, 0) is 36.4 Å². The van der Waals surface area contributed by atoms with Crippen LogP contribution in [0.4, 0.5) is 10.1 Å². The molecule has 2 aromatic heterocycles. The minimum atomic E-state index is -0.423. The summed E-state index contributed by atoms with van der Waals surface area (Å²) < 4.78 is 14.4. The van der Waals surface area contributed by atoms with Crippen LogP contribution in [0, 0.1) is 5.82 Å². The number of aliphatic hydroxyl groups is 1. The monoisotopic (exact) mass is 312 g/mol. The number of carbonyl (C=O) groups is 1. The van der Waals surface area contributed by atoms with Gasteiger partial charge in [0.1, 0.15) is 5.82 Å². The topological polar surface area (TPSA) is 80.0 Å². The zero-order chi connectivity index (χ0) is 16.2. The zero-order valence-corrected chi connectivity index (χ0v) is 12.0. The summed E-state index contributed by atoms with van der Waals surface area (Å²) in [6, 6.07) is 8.93. The van der Waals surface area contributed by atoms with Crippen LogP contribution in [0.1, 0.15) is 16.1 Å². The quantitative estimate of drug-likeness (QED) is 0.773. The Hall–Kier alpha value is -3.06. The lowest BCUT2D eigenvalue weighted by Crippen LogP contribution is -2.14. The van der Waals surface area contributed by atoms with Gasteiger partial charge >= 0.3 is 0 Å². The number of hydrogen-bond donors (Lipinski definition) is 2. The number of nitrogens with one attached hydrogen (secondary N) is 1. The van der Waals surface area contributed by atoms with E-state index in [0.717, 1.165) is 0 Å². The Balaban J connectivity index is 1.80. The molecule has 0 saturated carbocycles. The Morgan fingerprint density at radius 3 is 2.74 bits per heavy atom. The van der Waals surface area contributed by atoms with E-state index in [1.165, 1.54) is 29.2 Å². The third-order valence-electron chi connectivity index (χ3n) is 3.24. The molecule has 1 aromatic carbocycles. The fourth-order valence-corrected chi connectivity index (χ4v) is 2.04. The molecule has 3 rings (SSSR count). The minimum absolute atomic E-state index is 0.196. The van der Waals surface area contributed by atoms with Crippen molar-refractivity contribution in [1.29, 1.82) is 0 Å². The van der Waals surface area contributed by atoms with Crippen molar-refractivity contribution in [3.8, 4) is 5.69 Å². The Morgan fingerprint density at radius 1 is 1.22 bits per heavy atom. The molecule has 1 amide bonds. The second kappa shape index (κ2) is 6.37. The second-order valence-corrected chi connectivity index (χ2v) is 4.77. The van der Waals surface area contributed by atoms with Gasteiger partial charge in [-0.1, -0.05) is 0 Å². The lowest BCUT2D eigenvalue weighted by Gasteiger charge is -2.07. The molecular formula is C16H13FN4O2. The Bertz CT molecular complexity index is 830. The summed E-state index contributed by atoms with van der Waals surface area (Å²) in [7, 11) is 0. The molecule has 0 radical (unpaired) electrons. The Labute approximate surface area is 131 Å². The molecular weight excluding hydrogens is 299 g/mol. The maximum absolute atomic E-state index is 12.9. The van der Waals surface area contributed by atoms with Gasteiger partial charge in [0.2, 0.25) is 0 Å². The molecule has 0 aliphatic carbocycles. The van der Waals surface area contributed by atoms with Crippen LogP contribution < -0.4 is 5.32 Å². The number of carbonyl (C=O) groups excluding carboxylic acids is 1. The number of benzene rings is 1. The van der Waals surface area contributed by atoms with Crippen molar-refractivity contribution in [3.63, 3.8) is 0 Å². The van der Waals surface area contributed by atoms with Gasteiger partial charge in [0.05, 0.1) is 24.2 Å². The van der Waals surface area contributed by atoms with Crippen LogP contribution in [0.3, 0.4) is 0 Å². The number of aliphatic hydroxyl groups excluding tert-OH is 1. The highest BCUT2D eigenvalue weighted by atomic mass is 19.1. The summed E-state index contributed by atoms with van der Waals surface area (Å²) in [6.45, 7) is -0.206. The molecule has 3 aromatic rings. The third-order valence-corrected chi connectivity index (χ3v) is 3.24. The number of nitrogens with zero attached hydrogens (tertiary/aromatic N) is 3. The number of aromatic nitrogens is 3. The highest BCUT2D eigenvalue weighted by Crippen LogP contribution is 2.15. The average molecular weight is 312 g/mol. The largest absolute Gasteiger partial charge is 0.392 e. The third kappa shape index (κ3) is 3.24. The van der Waals surface area contributed by atoms with Crippen LogP contribution in [0.25, 0.3) is 5.69 Å². The molecule has 0 aliphatic heterocycles. The molecule has 0 bridgehead atoms. The van der Waals surface area contributed by atoms with Gasteiger partial charge in [0.15, 0.2) is 5.69 Å². The van der Waals surface area contributed by atoms with Gasteiger partial charge in [-0.2, -0.15) is 5.10 Å². The second-order valence-electron chi connectivity index (χ2n) is 4.77. The van der Waals surface area contributed by atoms with Crippen LogP contribution in [-0.4, -0.2) is 25.8 Å². The van der Waals surface area contributed by atoms with Crippen LogP contribution >= 0.6 is 0 Å². The van der Waals surface area contributed by atoms with E-state index >= 15 is 0 Å². The molecule has 0 saturated heterocycles. The average Bonchev–Trinajstić information content (AvgIpc) is 3.06. The zero-order valence-electron chi connectivity index (χ0n) is 12.0.